The zero-order valence-corrected chi connectivity index (χ0v) is 12.4. The predicted octanol–water partition coefficient (Wildman–Crippen LogP) is 2.18. The molecule has 4 nitrogen and oxygen atoms in total. The Morgan fingerprint density at radius 3 is 2.83 bits per heavy atom. The highest BCUT2D eigenvalue weighted by molar-refractivity contribution is 7.17. The van der Waals surface area contributed by atoms with Crippen LogP contribution in [0, 0.1) is 6.92 Å². The zero-order chi connectivity index (χ0) is 13.3. The van der Waals surface area contributed by atoms with E-state index >= 15 is 0 Å². The molecule has 1 unspecified atom stereocenters. The van der Waals surface area contributed by atoms with E-state index < -0.39 is 0 Å². The summed E-state index contributed by atoms with van der Waals surface area (Å²) in [6, 6.07) is 0.611. The lowest BCUT2D eigenvalue weighted by atomic mass is 10.2. The standard InChI is InChI=1S/C13H21N3OS/c1-9-12(10(2)17)18-13(14-9)16(4)8-11-6-5-7-15(11)3/h11H,5-8H2,1-4H3. The van der Waals surface area contributed by atoms with E-state index in [1.807, 2.05) is 6.92 Å². The van der Waals surface area contributed by atoms with Gasteiger partial charge >= 0.3 is 0 Å². The molecule has 0 aromatic carbocycles. The van der Waals surface area contributed by atoms with Crippen molar-refractivity contribution in [2.75, 3.05) is 32.1 Å². The molecule has 0 radical (unpaired) electrons. The predicted molar refractivity (Wildman–Crippen MR) is 75.8 cm³/mol. The van der Waals surface area contributed by atoms with Crippen LogP contribution in [-0.4, -0.2) is 48.9 Å². The van der Waals surface area contributed by atoms with E-state index in [1.54, 1.807) is 6.92 Å². The van der Waals surface area contributed by atoms with Crippen LogP contribution >= 0.6 is 11.3 Å². The van der Waals surface area contributed by atoms with Crippen molar-refractivity contribution in [1.82, 2.24) is 9.88 Å². The second-order valence-electron chi connectivity index (χ2n) is 5.12. The first-order valence-electron chi connectivity index (χ1n) is 6.38. The number of Topliss-reactive ketones (excluding diaryl/α,β-unsaturated/α-hetero) is 1. The fourth-order valence-electron chi connectivity index (χ4n) is 2.48. The van der Waals surface area contributed by atoms with E-state index in [9.17, 15) is 4.79 Å². The summed E-state index contributed by atoms with van der Waals surface area (Å²) < 4.78 is 0. The van der Waals surface area contributed by atoms with Gasteiger partial charge in [0.05, 0.1) is 10.6 Å². The normalized spacial score (nSPS) is 20.3. The van der Waals surface area contributed by atoms with E-state index in [1.165, 1.54) is 30.7 Å². The van der Waals surface area contributed by atoms with Gasteiger partial charge in [-0.2, -0.15) is 0 Å². The highest BCUT2D eigenvalue weighted by atomic mass is 32.1. The number of ketones is 1. The van der Waals surface area contributed by atoms with Crippen LogP contribution in [-0.2, 0) is 0 Å². The van der Waals surface area contributed by atoms with E-state index in [0.717, 1.165) is 22.2 Å². The number of nitrogens with zero attached hydrogens (tertiary/aromatic N) is 3. The molecule has 0 saturated carbocycles. The summed E-state index contributed by atoms with van der Waals surface area (Å²) in [6.07, 6.45) is 2.54. The van der Waals surface area contributed by atoms with Crippen molar-refractivity contribution in [2.24, 2.45) is 0 Å². The van der Waals surface area contributed by atoms with Gasteiger partial charge in [0.1, 0.15) is 0 Å². The molecule has 0 N–H and O–H groups in total. The molecule has 18 heavy (non-hydrogen) atoms. The molecule has 0 spiro atoms. The lowest BCUT2D eigenvalue weighted by molar-refractivity contribution is 0.102. The largest absolute Gasteiger partial charge is 0.350 e. The van der Waals surface area contributed by atoms with Gasteiger partial charge in [0, 0.05) is 26.6 Å². The second kappa shape index (κ2) is 5.36. The minimum atomic E-state index is 0.114. The van der Waals surface area contributed by atoms with Gasteiger partial charge in [-0.3, -0.25) is 4.79 Å². The maximum Gasteiger partial charge on any atom is 0.186 e. The smallest absolute Gasteiger partial charge is 0.186 e. The zero-order valence-electron chi connectivity index (χ0n) is 11.6. The van der Waals surface area contributed by atoms with Crippen molar-refractivity contribution in [2.45, 2.75) is 32.7 Å². The number of likely N-dealkylation sites (N-methyl/N-ethyl adjacent to an activating group) is 2. The van der Waals surface area contributed by atoms with Crippen LogP contribution in [0.5, 0.6) is 0 Å². The molecule has 2 heterocycles. The minimum Gasteiger partial charge on any atom is -0.350 e. The van der Waals surface area contributed by atoms with E-state index in [0.29, 0.717) is 6.04 Å². The Morgan fingerprint density at radius 2 is 2.33 bits per heavy atom. The molecule has 0 amide bonds. The number of carbonyl (C=O) groups is 1. The number of aryl methyl sites for hydroxylation is 1. The highest BCUT2D eigenvalue weighted by Gasteiger charge is 2.23. The van der Waals surface area contributed by atoms with Crippen molar-refractivity contribution in [1.29, 1.82) is 0 Å². The van der Waals surface area contributed by atoms with Crippen molar-refractivity contribution in [3.05, 3.63) is 10.6 Å². The Morgan fingerprint density at radius 1 is 1.61 bits per heavy atom. The van der Waals surface area contributed by atoms with Crippen molar-refractivity contribution in [3.63, 3.8) is 0 Å². The molecule has 2 rings (SSSR count). The third-order valence-electron chi connectivity index (χ3n) is 3.59. The van der Waals surface area contributed by atoms with Crippen LogP contribution in [0.1, 0.15) is 35.1 Å². The third-order valence-corrected chi connectivity index (χ3v) is 4.96. The Balaban J connectivity index is 2.06. The number of hydrogen-bond acceptors (Lipinski definition) is 5. The number of likely N-dealkylation sites (tertiary alicyclic amines) is 1. The Kier molecular flexibility index (Phi) is 4.02. The maximum atomic E-state index is 11.4. The van der Waals surface area contributed by atoms with E-state index in [2.05, 4.69) is 28.9 Å². The van der Waals surface area contributed by atoms with Gasteiger partial charge in [0.15, 0.2) is 10.9 Å². The quantitative estimate of drug-likeness (QED) is 0.784. The number of thiazole rings is 1. The van der Waals surface area contributed by atoms with Crippen molar-refractivity contribution < 1.29 is 4.79 Å². The Labute approximate surface area is 113 Å². The van der Waals surface area contributed by atoms with Crippen LogP contribution in [0.2, 0.25) is 0 Å². The topological polar surface area (TPSA) is 36.4 Å². The second-order valence-corrected chi connectivity index (χ2v) is 6.10. The molecule has 1 atom stereocenters. The molecule has 5 heteroatoms. The van der Waals surface area contributed by atoms with E-state index in [4.69, 9.17) is 0 Å². The first kappa shape index (κ1) is 13.5. The Bertz CT molecular complexity index is 443. The van der Waals surface area contributed by atoms with E-state index in [-0.39, 0.29) is 5.78 Å². The van der Waals surface area contributed by atoms with Crippen LogP contribution in [0.25, 0.3) is 0 Å². The average Bonchev–Trinajstić information content (AvgIpc) is 2.86. The fraction of sp³-hybridized carbons (Fsp3) is 0.692. The number of aromatic nitrogens is 1. The fourth-order valence-corrected chi connectivity index (χ4v) is 3.41. The lowest BCUT2D eigenvalue weighted by Crippen LogP contribution is -2.36. The first-order chi connectivity index (χ1) is 8.49. The van der Waals surface area contributed by atoms with Crippen LogP contribution in [0.3, 0.4) is 0 Å². The summed E-state index contributed by atoms with van der Waals surface area (Å²) in [5.41, 5.74) is 0.856. The molecule has 1 aliphatic heterocycles. The number of carbonyl (C=O) groups excluding carboxylic acids is 1. The van der Waals surface area contributed by atoms with Crippen LogP contribution < -0.4 is 4.90 Å². The van der Waals surface area contributed by atoms with Gasteiger partial charge in [-0.25, -0.2) is 4.98 Å². The molecule has 1 aromatic rings. The molecule has 0 bridgehead atoms. The van der Waals surface area contributed by atoms with Gasteiger partial charge in [-0.15, -0.1) is 0 Å². The highest BCUT2D eigenvalue weighted by Crippen LogP contribution is 2.27. The van der Waals surface area contributed by atoms with Crippen molar-refractivity contribution >= 4 is 22.3 Å². The number of rotatable bonds is 4. The van der Waals surface area contributed by atoms with Crippen molar-refractivity contribution in [3.8, 4) is 0 Å². The average molecular weight is 267 g/mol. The Hall–Kier alpha value is -0.940. The minimum absolute atomic E-state index is 0.114. The monoisotopic (exact) mass is 267 g/mol. The maximum absolute atomic E-state index is 11.4. The van der Waals surface area contributed by atoms with Gasteiger partial charge < -0.3 is 9.80 Å². The molecular formula is C13H21N3OS. The molecule has 100 valence electrons. The lowest BCUT2D eigenvalue weighted by Gasteiger charge is -2.25. The summed E-state index contributed by atoms with van der Waals surface area (Å²) in [4.78, 5) is 21.3. The summed E-state index contributed by atoms with van der Waals surface area (Å²) in [5.74, 6) is 0.114. The molecule has 1 fully saturated rings. The van der Waals surface area contributed by atoms with Gasteiger partial charge in [-0.1, -0.05) is 11.3 Å². The van der Waals surface area contributed by atoms with Crippen LogP contribution in [0.4, 0.5) is 5.13 Å². The van der Waals surface area contributed by atoms with Gasteiger partial charge in [0.25, 0.3) is 0 Å². The summed E-state index contributed by atoms with van der Waals surface area (Å²) in [7, 11) is 4.24. The number of hydrogen-bond donors (Lipinski definition) is 0. The molecule has 1 aromatic heterocycles. The molecule has 1 aliphatic rings. The summed E-state index contributed by atoms with van der Waals surface area (Å²) in [6.45, 7) is 5.69. The van der Waals surface area contributed by atoms with Crippen LogP contribution in [0.15, 0.2) is 0 Å². The summed E-state index contributed by atoms with van der Waals surface area (Å²) >= 11 is 1.51. The number of anilines is 1. The summed E-state index contributed by atoms with van der Waals surface area (Å²) in [5, 5.41) is 0.956. The third kappa shape index (κ3) is 2.72. The van der Waals surface area contributed by atoms with Gasteiger partial charge in [-0.05, 0) is 33.4 Å². The first-order valence-corrected chi connectivity index (χ1v) is 7.20. The molecule has 1 saturated heterocycles. The van der Waals surface area contributed by atoms with Gasteiger partial charge in [0.2, 0.25) is 0 Å². The molecular weight excluding hydrogens is 246 g/mol. The molecule has 0 aliphatic carbocycles. The SMILES string of the molecule is CC(=O)c1sc(N(C)CC2CCCN2C)nc1C.